The summed E-state index contributed by atoms with van der Waals surface area (Å²) >= 11 is 0. The molecule has 1 aliphatic heterocycles. The van der Waals surface area contributed by atoms with Crippen LogP contribution in [0.1, 0.15) is 38.5 Å². The Morgan fingerprint density at radius 1 is 1.35 bits per heavy atom. The number of fused-ring (bicyclic) bond motifs is 1. The van der Waals surface area contributed by atoms with Gasteiger partial charge in [0.05, 0.1) is 6.04 Å². The molecule has 3 N–H and O–H groups in total. The quantitative estimate of drug-likeness (QED) is 0.646. The van der Waals surface area contributed by atoms with E-state index in [4.69, 9.17) is 5.11 Å². The summed E-state index contributed by atoms with van der Waals surface area (Å²) in [5.74, 6) is -0.988. The molecule has 0 aromatic carbocycles. The van der Waals surface area contributed by atoms with Crippen molar-refractivity contribution in [3.8, 4) is 0 Å². The molecular weight excluding hydrogens is 262 g/mol. The number of carbonyl (C=O) groups is 3. The molecule has 0 aromatic rings. The van der Waals surface area contributed by atoms with Gasteiger partial charge in [0, 0.05) is 19.0 Å². The van der Waals surface area contributed by atoms with Crippen LogP contribution in [-0.2, 0) is 9.59 Å². The SMILES string of the molecule is O=C(O)CCCNC(=O)N1CC(=O)N[C@@H]2CCCC[C@H]21. The number of urea groups is 1. The van der Waals surface area contributed by atoms with Crippen LogP contribution in [0.15, 0.2) is 0 Å². The van der Waals surface area contributed by atoms with Gasteiger partial charge in [-0.2, -0.15) is 0 Å². The van der Waals surface area contributed by atoms with Gasteiger partial charge in [0.15, 0.2) is 0 Å². The smallest absolute Gasteiger partial charge is 0.318 e. The van der Waals surface area contributed by atoms with E-state index in [1.165, 1.54) is 0 Å². The molecule has 1 saturated heterocycles. The molecule has 0 unspecified atom stereocenters. The summed E-state index contributed by atoms with van der Waals surface area (Å²) in [7, 11) is 0. The summed E-state index contributed by atoms with van der Waals surface area (Å²) in [5.41, 5.74) is 0. The molecule has 112 valence electrons. The monoisotopic (exact) mass is 283 g/mol. The van der Waals surface area contributed by atoms with Crippen molar-refractivity contribution in [2.45, 2.75) is 50.6 Å². The first kappa shape index (κ1) is 14.6. The van der Waals surface area contributed by atoms with Gasteiger partial charge in [0.1, 0.15) is 6.54 Å². The molecule has 1 heterocycles. The highest BCUT2D eigenvalue weighted by Crippen LogP contribution is 2.25. The highest BCUT2D eigenvalue weighted by molar-refractivity contribution is 5.86. The van der Waals surface area contributed by atoms with E-state index in [2.05, 4.69) is 10.6 Å². The normalized spacial score (nSPS) is 25.6. The fraction of sp³-hybridized carbons (Fsp3) is 0.769. The second-order valence-corrected chi connectivity index (χ2v) is 5.38. The maximum Gasteiger partial charge on any atom is 0.318 e. The van der Waals surface area contributed by atoms with Crippen molar-refractivity contribution in [1.29, 1.82) is 0 Å². The van der Waals surface area contributed by atoms with Crippen LogP contribution in [0.4, 0.5) is 4.79 Å². The van der Waals surface area contributed by atoms with Gasteiger partial charge in [-0.05, 0) is 19.3 Å². The van der Waals surface area contributed by atoms with Gasteiger partial charge in [-0.15, -0.1) is 0 Å². The molecular formula is C13H21N3O4. The highest BCUT2D eigenvalue weighted by atomic mass is 16.4. The van der Waals surface area contributed by atoms with Crippen molar-refractivity contribution in [3.63, 3.8) is 0 Å². The standard InChI is InChI=1S/C13H21N3O4/c17-11-8-16(10-5-2-1-4-9(10)15-11)13(20)14-7-3-6-12(18)19/h9-10H,1-8H2,(H,14,20)(H,15,17)(H,18,19)/t9-,10-/m1/s1. The van der Waals surface area contributed by atoms with Crippen LogP contribution in [0, 0.1) is 0 Å². The zero-order chi connectivity index (χ0) is 14.5. The van der Waals surface area contributed by atoms with Gasteiger partial charge < -0.3 is 20.6 Å². The summed E-state index contributed by atoms with van der Waals surface area (Å²) in [6.07, 6.45) is 4.41. The fourth-order valence-corrected chi connectivity index (χ4v) is 2.94. The second-order valence-electron chi connectivity index (χ2n) is 5.38. The number of carbonyl (C=O) groups excluding carboxylic acids is 2. The summed E-state index contributed by atoms with van der Waals surface area (Å²) in [4.78, 5) is 35.8. The van der Waals surface area contributed by atoms with Crippen LogP contribution in [0.2, 0.25) is 0 Å². The third-order valence-electron chi connectivity index (χ3n) is 3.89. The van der Waals surface area contributed by atoms with Gasteiger partial charge in [-0.3, -0.25) is 9.59 Å². The Morgan fingerprint density at radius 2 is 2.10 bits per heavy atom. The van der Waals surface area contributed by atoms with E-state index in [0.717, 1.165) is 25.7 Å². The van der Waals surface area contributed by atoms with Crippen molar-refractivity contribution in [2.75, 3.05) is 13.1 Å². The van der Waals surface area contributed by atoms with E-state index in [1.807, 2.05) is 0 Å². The predicted molar refractivity (Wildman–Crippen MR) is 71.2 cm³/mol. The van der Waals surface area contributed by atoms with Gasteiger partial charge in [0.2, 0.25) is 5.91 Å². The van der Waals surface area contributed by atoms with Crippen LogP contribution in [0.5, 0.6) is 0 Å². The number of piperazine rings is 1. The van der Waals surface area contributed by atoms with Crippen LogP contribution in [0.3, 0.4) is 0 Å². The number of nitrogens with one attached hydrogen (secondary N) is 2. The van der Waals surface area contributed by atoms with E-state index in [1.54, 1.807) is 4.90 Å². The molecule has 2 fully saturated rings. The van der Waals surface area contributed by atoms with Gasteiger partial charge in [-0.1, -0.05) is 12.8 Å². The van der Waals surface area contributed by atoms with Crippen LogP contribution in [0.25, 0.3) is 0 Å². The number of carboxylic acids is 1. The molecule has 20 heavy (non-hydrogen) atoms. The van der Waals surface area contributed by atoms with E-state index in [0.29, 0.717) is 13.0 Å². The van der Waals surface area contributed by atoms with E-state index in [9.17, 15) is 14.4 Å². The number of nitrogens with zero attached hydrogens (tertiary/aromatic N) is 1. The molecule has 2 atom stereocenters. The molecule has 0 bridgehead atoms. The molecule has 0 radical (unpaired) electrons. The van der Waals surface area contributed by atoms with Crippen molar-refractivity contribution < 1.29 is 19.5 Å². The maximum atomic E-state index is 12.1. The summed E-state index contributed by atoms with van der Waals surface area (Å²) in [5, 5.41) is 14.2. The summed E-state index contributed by atoms with van der Waals surface area (Å²) in [6.45, 7) is 0.409. The zero-order valence-corrected chi connectivity index (χ0v) is 11.4. The Hall–Kier alpha value is -1.79. The lowest BCUT2D eigenvalue weighted by molar-refractivity contribution is -0.137. The van der Waals surface area contributed by atoms with E-state index < -0.39 is 5.97 Å². The van der Waals surface area contributed by atoms with Gasteiger partial charge >= 0.3 is 12.0 Å². The third-order valence-corrected chi connectivity index (χ3v) is 3.89. The lowest BCUT2D eigenvalue weighted by atomic mass is 9.87. The largest absolute Gasteiger partial charge is 0.481 e. The number of rotatable bonds is 4. The molecule has 7 heteroatoms. The van der Waals surface area contributed by atoms with Crippen molar-refractivity contribution in [2.24, 2.45) is 0 Å². The molecule has 1 saturated carbocycles. The average molecular weight is 283 g/mol. The fourth-order valence-electron chi connectivity index (χ4n) is 2.94. The lowest BCUT2D eigenvalue weighted by Crippen LogP contribution is -2.64. The van der Waals surface area contributed by atoms with E-state index in [-0.39, 0.29) is 37.0 Å². The topological polar surface area (TPSA) is 98.7 Å². The van der Waals surface area contributed by atoms with Crippen LogP contribution >= 0.6 is 0 Å². The molecule has 2 aliphatic rings. The molecule has 0 spiro atoms. The molecule has 0 aromatic heterocycles. The number of aliphatic carboxylic acids is 1. The molecule has 1 aliphatic carbocycles. The number of hydrogen-bond acceptors (Lipinski definition) is 3. The Kier molecular flexibility index (Phi) is 4.81. The van der Waals surface area contributed by atoms with Crippen molar-refractivity contribution in [3.05, 3.63) is 0 Å². The van der Waals surface area contributed by atoms with E-state index >= 15 is 0 Å². The van der Waals surface area contributed by atoms with Crippen LogP contribution < -0.4 is 10.6 Å². The minimum Gasteiger partial charge on any atom is -0.481 e. The summed E-state index contributed by atoms with van der Waals surface area (Å²) in [6, 6.07) is -0.127. The van der Waals surface area contributed by atoms with Crippen molar-refractivity contribution in [1.82, 2.24) is 15.5 Å². The lowest BCUT2D eigenvalue weighted by Gasteiger charge is -2.43. The van der Waals surface area contributed by atoms with Gasteiger partial charge in [0.25, 0.3) is 0 Å². The number of carboxylic acid groups (broad SMARTS) is 1. The first-order chi connectivity index (χ1) is 9.58. The maximum absolute atomic E-state index is 12.1. The first-order valence-electron chi connectivity index (χ1n) is 7.13. The minimum atomic E-state index is -0.871. The Morgan fingerprint density at radius 3 is 2.85 bits per heavy atom. The third kappa shape index (κ3) is 3.61. The Balaban J connectivity index is 1.86. The highest BCUT2D eigenvalue weighted by Gasteiger charge is 2.38. The Bertz CT molecular complexity index is 399. The minimum absolute atomic E-state index is 0.0345. The predicted octanol–water partition coefficient (Wildman–Crippen LogP) is 0.304. The molecule has 7 nitrogen and oxygen atoms in total. The molecule has 2 rings (SSSR count). The molecule has 3 amide bonds. The van der Waals surface area contributed by atoms with Crippen LogP contribution in [-0.4, -0.2) is 53.1 Å². The van der Waals surface area contributed by atoms with Gasteiger partial charge in [-0.25, -0.2) is 4.79 Å². The van der Waals surface area contributed by atoms with Crippen molar-refractivity contribution >= 4 is 17.9 Å². The zero-order valence-electron chi connectivity index (χ0n) is 11.4. The first-order valence-corrected chi connectivity index (χ1v) is 7.13. The summed E-state index contributed by atoms with van der Waals surface area (Å²) < 4.78 is 0. The average Bonchev–Trinajstić information content (AvgIpc) is 2.42. The second kappa shape index (κ2) is 6.58. The number of hydrogen-bond donors (Lipinski definition) is 3. The Labute approximate surface area is 117 Å². The number of amides is 3.